The van der Waals surface area contributed by atoms with E-state index < -0.39 is 5.82 Å². The molecule has 2 atom stereocenters. The van der Waals surface area contributed by atoms with Crippen molar-refractivity contribution in [3.63, 3.8) is 0 Å². The average Bonchev–Trinajstić information content (AvgIpc) is 3.13. The summed E-state index contributed by atoms with van der Waals surface area (Å²) in [5.74, 6) is 0.771. The third-order valence-corrected chi connectivity index (χ3v) is 8.72. The van der Waals surface area contributed by atoms with Gasteiger partial charge in [-0.25, -0.2) is 9.37 Å². The Labute approximate surface area is 318 Å². The van der Waals surface area contributed by atoms with Crippen molar-refractivity contribution in [3.05, 3.63) is 127 Å². The van der Waals surface area contributed by atoms with Crippen molar-refractivity contribution in [2.24, 2.45) is 5.92 Å². The van der Waals surface area contributed by atoms with Crippen LogP contribution in [0.4, 0.5) is 10.2 Å². The third kappa shape index (κ3) is 15.2. The topological polar surface area (TPSA) is 82.6 Å². The summed E-state index contributed by atoms with van der Waals surface area (Å²) in [6.45, 7) is 26.2. The first-order valence-electron chi connectivity index (χ1n) is 18.9. The van der Waals surface area contributed by atoms with Crippen LogP contribution in [0, 0.1) is 11.7 Å². The Balaban J connectivity index is 0.000000397. The van der Waals surface area contributed by atoms with E-state index in [0.717, 1.165) is 70.0 Å². The first kappa shape index (κ1) is 43.0. The molecule has 2 saturated heterocycles. The summed E-state index contributed by atoms with van der Waals surface area (Å²) in [4.78, 5) is 26.3. The second-order valence-electron chi connectivity index (χ2n) is 14.1. The van der Waals surface area contributed by atoms with Crippen molar-refractivity contribution in [3.8, 4) is 11.1 Å². The Morgan fingerprint density at radius 2 is 1.77 bits per heavy atom. The maximum atomic E-state index is 15.2. The highest BCUT2D eigenvalue weighted by Gasteiger charge is 2.25. The van der Waals surface area contributed by atoms with Gasteiger partial charge in [-0.2, -0.15) is 0 Å². The molecule has 2 unspecified atom stereocenters. The molecule has 9 heteroatoms. The number of ether oxygens (including phenoxy) is 1. The van der Waals surface area contributed by atoms with E-state index in [1.165, 1.54) is 11.6 Å². The highest BCUT2D eigenvalue weighted by molar-refractivity contribution is 5.96. The molecule has 0 bridgehead atoms. The first-order valence-corrected chi connectivity index (χ1v) is 18.9. The van der Waals surface area contributed by atoms with Gasteiger partial charge in [0.15, 0.2) is 0 Å². The third-order valence-electron chi connectivity index (χ3n) is 8.72. The fourth-order valence-corrected chi connectivity index (χ4v) is 6.29. The number of carbonyl (C=O) groups excluding carboxylic acids is 1. The van der Waals surface area contributed by atoms with Crippen molar-refractivity contribution >= 4 is 11.7 Å². The zero-order valence-electron chi connectivity index (χ0n) is 32.7. The molecule has 8 nitrogen and oxygen atoms in total. The number of aromatic nitrogens is 2. The maximum Gasteiger partial charge on any atom is 0.254 e. The zero-order valence-corrected chi connectivity index (χ0v) is 32.7. The van der Waals surface area contributed by atoms with E-state index in [1.54, 1.807) is 42.7 Å². The van der Waals surface area contributed by atoms with Gasteiger partial charge in [-0.1, -0.05) is 81.7 Å². The fourth-order valence-electron chi connectivity index (χ4n) is 6.29. The summed E-state index contributed by atoms with van der Waals surface area (Å²) in [7, 11) is 0. The summed E-state index contributed by atoms with van der Waals surface area (Å²) in [6, 6.07) is 12.7. The number of piperidine rings is 1. The lowest BCUT2D eigenvalue weighted by atomic mass is 10.0. The lowest BCUT2D eigenvalue weighted by Crippen LogP contribution is -2.45. The molecule has 2 fully saturated rings. The number of nitrogens with zero attached hydrogens (tertiary/aromatic N) is 4. The van der Waals surface area contributed by atoms with Crippen LogP contribution in [-0.2, 0) is 11.3 Å². The van der Waals surface area contributed by atoms with E-state index in [9.17, 15) is 4.79 Å². The Morgan fingerprint density at radius 3 is 2.34 bits per heavy atom. The predicted octanol–water partition coefficient (Wildman–Crippen LogP) is 8.40. The molecule has 5 rings (SSSR count). The summed E-state index contributed by atoms with van der Waals surface area (Å²) < 4.78 is 21.0. The first-order chi connectivity index (χ1) is 25.5. The molecule has 53 heavy (non-hydrogen) atoms. The highest BCUT2D eigenvalue weighted by atomic mass is 19.1. The van der Waals surface area contributed by atoms with Gasteiger partial charge in [0, 0.05) is 75.0 Å². The number of benzene rings is 1. The minimum atomic E-state index is -0.518. The number of allylic oxidation sites excluding steroid dienone is 4. The molecular formula is C44H61FN6O2. The Kier molecular flexibility index (Phi) is 18.9. The van der Waals surface area contributed by atoms with Crippen LogP contribution < -0.4 is 15.5 Å². The van der Waals surface area contributed by atoms with Crippen molar-refractivity contribution in [1.82, 2.24) is 25.5 Å². The van der Waals surface area contributed by atoms with Gasteiger partial charge in [-0.05, 0) is 82.3 Å². The molecule has 1 amide bonds. The fraction of sp³-hybridized carbons (Fsp3) is 0.432. The minimum Gasteiger partial charge on any atom is -0.373 e. The number of amides is 1. The standard InChI is InChI=1S/C29H34FN5O2.C10H19N.C5H8/c1-20-17-34(18-21(2)37-20)19-22-8-9-27(32-15-22)35-13-10-24(11-14-35)33-29(36)26-7-3-6-25(28(26)30)23-5-4-12-31-16-23;1-5-6-10(4)8-11-7-9(2)3;1-3-5-4-2/h3-9,12,15-16,20-21,24H,10-11,13-14,17-19H2,1-2H3,(H,33,36);5-6,9,11H,4,7-8H2,1-3H3;3-5H,1H2,2H3/b;6-5-;5-4-. The molecule has 4 heterocycles. The second-order valence-corrected chi connectivity index (χ2v) is 14.1. The number of rotatable bonds is 12. The minimum absolute atomic E-state index is 0.00484. The van der Waals surface area contributed by atoms with Crippen LogP contribution >= 0.6 is 0 Å². The Bertz CT molecular complexity index is 1590. The molecule has 286 valence electrons. The van der Waals surface area contributed by atoms with Crippen molar-refractivity contribution in [1.29, 1.82) is 0 Å². The zero-order chi connectivity index (χ0) is 38.6. The largest absolute Gasteiger partial charge is 0.373 e. The van der Waals surface area contributed by atoms with Crippen LogP contribution in [-0.4, -0.2) is 78.3 Å². The normalized spacial score (nSPS) is 17.9. The SMILES string of the molecule is C=C(/C=C\C)CNCC(C)C.C=C/C=C\C.CC1CN(Cc2ccc(N3CCC(NC(=O)c4cccc(-c5cccnc5)c4F)CC3)nc2)CC(C)O1. The van der Waals surface area contributed by atoms with Crippen molar-refractivity contribution in [2.75, 3.05) is 44.2 Å². The summed E-state index contributed by atoms with van der Waals surface area (Å²) >= 11 is 0. The van der Waals surface area contributed by atoms with Crippen LogP contribution in [0.1, 0.15) is 70.3 Å². The smallest absolute Gasteiger partial charge is 0.254 e. The molecule has 3 aromatic rings. The van der Waals surface area contributed by atoms with Gasteiger partial charge in [0.25, 0.3) is 5.91 Å². The number of anilines is 1. The van der Waals surface area contributed by atoms with E-state index in [1.807, 2.05) is 44.3 Å². The molecule has 2 aliphatic rings. The van der Waals surface area contributed by atoms with Crippen molar-refractivity contribution < 1.29 is 13.9 Å². The molecule has 0 spiro atoms. The number of pyridine rings is 2. The van der Waals surface area contributed by atoms with Gasteiger partial charge in [0.05, 0.1) is 17.8 Å². The molecule has 0 saturated carbocycles. The number of hydrogen-bond donors (Lipinski definition) is 2. The van der Waals surface area contributed by atoms with Crippen molar-refractivity contribution in [2.45, 2.75) is 79.2 Å². The molecule has 2 aliphatic heterocycles. The van der Waals surface area contributed by atoms with Gasteiger partial charge in [-0.3, -0.25) is 14.7 Å². The van der Waals surface area contributed by atoms with E-state index in [2.05, 4.69) is 78.4 Å². The maximum absolute atomic E-state index is 15.2. The predicted molar refractivity (Wildman–Crippen MR) is 219 cm³/mol. The molecule has 1 aromatic carbocycles. The monoisotopic (exact) mass is 724 g/mol. The number of nitrogens with one attached hydrogen (secondary N) is 2. The van der Waals surface area contributed by atoms with Crippen LogP contribution in [0.3, 0.4) is 0 Å². The van der Waals surface area contributed by atoms with Gasteiger partial charge < -0.3 is 20.3 Å². The van der Waals surface area contributed by atoms with Gasteiger partial charge in [-0.15, -0.1) is 0 Å². The lowest BCUT2D eigenvalue weighted by Gasteiger charge is -2.35. The van der Waals surface area contributed by atoms with Gasteiger partial charge >= 0.3 is 0 Å². The van der Waals surface area contributed by atoms with Crippen LogP contribution in [0.25, 0.3) is 11.1 Å². The number of halogens is 1. The van der Waals surface area contributed by atoms with E-state index in [0.29, 0.717) is 17.0 Å². The number of hydrogen-bond acceptors (Lipinski definition) is 7. The number of carbonyl (C=O) groups is 1. The Hall–Kier alpha value is -4.44. The second kappa shape index (κ2) is 23.3. The molecule has 0 radical (unpaired) electrons. The summed E-state index contributed by atoms with van der Waals surface area (Å²) in [5, 5.41) is 6.35. The molecular weight excluding hydrogens is 664 g/mol. The Morgan fingerprint density at radius 1 is 1.04 bits per heavy atom. The molecule has 0 aliphatic carbocycles. The quantitative estimate of drug-likeness (QED) is 0.182. The van der Waals surface area contributed by atoms with Gasteiger partial charge in [0.2, 0.25) is 0 Å². The average molecular weight is 725 g/mol. The lowest BCUT2D eigenvalue weighted by molar-refractivity contribution is -0.0705. The van der Waals surface area contributed by atoms with Crippen LogP contribution in [0.5, 0.6) is 0 Å². The van der Waals surface area contributed by atoms with E-state index in [4.69, 9.17) is 9.72 Å². The highest BCUT2D eigenvalue weighted by Crippen LogP contribution is 2.25. The van der Waals surface area contributed by atoms with Crippen LogP contribution in [0.15, 0.2) is 110 Å². The van der Waals surface area contributed by atoms with E-state index >= 15 is 4.39 Å². The van der Waals surface area contributed by atoms with E-state index in [-0.39, 0.29) is 29.7 Å². The molecule has 2 N–H and O–H groups in total. The van der Waals surface area contributed by atoms with Crippen LogP contribution in [0.2, 0.25) is 0 Å². The molecule has 2 aromatic heterocycles. The summed E-state index contributed by atoms with van der Waals surface area (Å²) in [5.41, 5.74) is 3.43. The summed E-state index contributed by atoms with van der Waals surface area (Å²) in [6.07, 6.45) is 16.9. The van der Waals surface area contributed by atoms with Gasteiger partial charge in [0.1, 0.15) is 11.6 Å². The number of morpholine rings is 1.